The Morgan fingerprint density at radius 2 is 1.67 bits per heavy atom. The molecule has 0 radical (unpaired) electrons. The van der Waals surface area contributed by atoms with Gasteiger partial charge < -0.3 is 10.2 Å². The Kier molecular flexibility index (Phi) is 6.25. The fraction of sp³-hybridized carbons (Fsp3) is 0.211. The minimum Gasteiger partial charge on any atom is -0.338 e. The number of benzene rings is 1. The molecule has 0 unspecified atom stereocenters. The van der Waals surface area contributed by atoms with Crippen LogP contribution < -0.4 is 5.32 Å². The molecule has 0 aliphatic heterocycles. The van der Waals surface area contributed by atoms with Crippen LogP contribution in [0.4, 0.5) is 0 Å². The van der Waals surface area contributed by atoms with E-state index in [2.05, 4.69) is 10.3 Å². The molecule has 124 valence electrons. The van der Waals surface area contributed by atoms with Crippen molar-refractivity contribution in [1.29, 1.82) is 0 Å². The molecule has 1 heterocycles. The van der Waals surface area contributed by atoms with Crippen LogP contribution in [0.5, 0.6) is 0 Å². The van der Waals surface area contributed by atoms with Gasteiger partial charge in [-0.05, 0) is 49.8 Å². The summed E-state index contributed by atoms with van der Waals surface area (Å²) in [5.74, 6) is -0.516. The molecule has 0 fully saturated rings. The molecule has 0 bridgehead atoms. The summed E-state index contributed by atoms with van der Waals surface area (Å²) in [4.78, 5) is 30.7. The summed E-state index contributed by atoms with van der Waals surface area (Å²) in [7, 11) is 0. The van der Waals surface area contributed by atoms with Crippen molar-refractivity contribution in [3.63, 3.8) is 0 Å². The van der Waals surface area contributed by atoms with E-state index in [0.29, 0.717) is 18.7 Å². The fourth-order valence-electron chi connectivity index (χ4n) is 2.24. The van der Waals surface area contributed by atoms with E-state index in [1.165, 1.54) is 0 Å². The van der Waals surface area contributed by atoms with Crippen LogP contribution in [0.3, 0.4) is 0 Å². The summed E-state index contributed by atoms with van der Waals surface area (Å²) in [6, 6.07) is 12.4. The van der Waals surface area contributed by atoms with E-state index in [1.807, 2.05) is 19.9 Å². The van der Waals surface area contributed by atoms with E-state index in [-0.39, 0.29) is 17.5 Å². The first kappa shape index (κ1) is 17.4. The molecule has 5 heteroatoms. The molecule has 24 heavy (non-hydrogen) atoms. The summed E-state index contributed by atoms with van der Waals surface area (Å²) in [5.41, 5.74) is 1.55. The van der Waals surface area contributed by atoms with Gasteiger partial charge in [-0.1, -0.05) is 18.2 Å². The van der Waals surface area contributed by atoms with Gasteiger partial charge >= 0.3 is 0 Å². The lowest BCUT2D eigenvalue weighted by Gasteiger charge is -2.21. The van der Waals surface area contributed by atoms with Crippen LogP contribution in [0.2, 0.25) is 0 Å². The van der Waals surface area contributed by atoms with Gasteiger partial charge in [-0.25, -0.2) is 0 Å². The highest BCUT2D eigenvalue weighted by Crippen LogP contribution is 2.09. The number of hydrogen-bond donors (Lipinski definition) is 1. The number of carbonyl (C=O) groups is 2. The molecule has 0 aliphatic rings. The average molecular weight is 323 g/mol. The lowest BCUT2D eigenvalue weighted by atomic mass is 10.1. The molecule has 1 N–H and O–H groups in total. The van der Waals surface area contributed by atoms with E-state index in [0.717, 1.165) is 5.56 Å². The van der Waals surface area contributed by atoms with E-state index in [4.69, 9.17) is 0 Å². The van der Waals surface area contributed by atoms with Gasteiger partial charge in [0, 0.05) is 31.0 Å². The van der Waals surface area contributed by atoms with Gasteiger partial charge in [0.05, 0.1) is 0 Å². The number of nitrogens with one attached hydrogen (secondary N) is 1. The van der Waals surface area contributed by atoms with Gasteiger partial charge in [-0.15, -0.1) is 0 Å². The minimum atomic E-state index is -0.309. The van der Waals surface area contributed by atoms with Crippen LogP contribution >= 0.6 is 0 Å². The summed E-state index contributed by atoms with van der Waals surface area (Å²) in [6.45, 7) is 4.96. The summed E-state index contributed by atoms with van der Waals surface area (Å²) in [6.07, 6.45) is 4.96. The summed E-state index contributed by atoms with van der Waals surface area (Å²) >= 11 is 0. The molecular weight excluding hydrogens is 302 g/mol. The van der Waals surface area contributed by atoms with Crippen LogP contribution in [0.15, 0.2) is 60.6 Å². The Bertz CT molecular complexity index is 708. The summed E-state index contributed by atoms with van der Waals surface area (Å²) in [5, 5.41) is 2.74. The van der Waals surface area contributed by atoms with Crippen molar-refractivity contribution in [2.75, 3.05) is 13.1 Å². The number of hydrogen-bond acceptors (Lipinski definition) is 3. The van der Waals surface area contributed by atoms with Gasteiger partial charge in [0.25, 0.3) is 11.8 Å². The second kappa shape index (κ2) is 8.62. The normalized spacial score (nSPS) is 11.0. The maximum Gasteiger partial charge on any atom is 0.270 e. The summed E-state index contributed by atoms with van der Waals surface area (Å²) < 4.78 is 0. The highest BCUT2D eigenvalue weighted by molar-refractivity contribution is 6.05. The molecule has 5 nitrogen and oxygen atoms in total. The Hall–Kier alpha value is -2.95. The molecule has 0 spiro atoms. The largest absolute Gasteiger partial charge is 0.338 e. The van der Waals surface area contributed by atoms with Gasteiger partial charge in [0.2, 0.25) is 0 Å². The average Bonchev–Trinajstić information content (AvgIpc) is 2.63. The lowest BCUT2D eigenvalue weighted by molar-refractivity contribution is -0.127. The number of likely N-dealkylation sites (N-methyl/N-ethyl adjacent to an activating group) is 1. The zero-order chi connectivity index (χ0) is 17.4. The van der Waals surface area contributed by atoms with Gasteiger partial charge in [0.1, 0.15) is 5.70 Å². The Labute approximate surface area is 142 Å². The maximum absolute atomic E-state index is 12.7. The van der Waals surface area contributed by atoms with Crippen molar-refractivity contribution in [2.45, 2.75) is 13.8 Å². The number of amides is 2. The van der Waals surface area contributed by atoms with Crippen molar-refractivity contribution < 1.29 is 9.59 Å². The van der Waals surface area contributed by atoms with E-state index >= 15 is 0 Å². The van der Waals surface area contributed by atoms with Crippen LogP contribution in [-0.4, -0.2) is 34.8 Å². The van der Waals surface area contributed by atoms with E-state index in [1.54, 1.807) is 59.8 Å². The van der Waals surface area contributed by atoms with Crippen LogP contribution in [0, 0.1) is 0 Å². The molecule has 2 rings (SSSR count). The quantitative estimate of drug-likeness (QED) is 0.832. The second-order valence-corrected chi connectivity index (χ2v) is 5.14. The van der Waals surface area contributed by atoms with E-state index in [9.17, 15) is 9.59 Å². The second-order valence-electron chi connectivity index (χ2n) is 5.14. The third kappa shape index (κ3) is 4.52. The zero-order valence-electron chi connectivity index (χ0n) is 13.9. The van der Waals surface area contributed by atoms with E-state index < -0.39 is 0 Å². The smallest absolute Gasteiger partial charge is 0.270 e. The van der Waals surface area contributed by atoms with Gasteiger partial charge in [-0.2, -0.15) is 0 Å². The molecule has 0 aliphatic carbocycles. The molecule has 1 aromatic heterocycles. The molecule has 2 amide bonds. The number of nitrogens with zero attached hydrogens (tertiary/aromatic N) is 2. The maximum atomic E-state index is 12.7. The van der Waals surface area contributed by atoms with Crippen LogP contribution in [0.25, 0.3) is 6.08 Å². The lowest BCUT2D eigenvalue weighted by Crippen LogP contribution is -2.38. The fourth-order valence-corrected chi connectivity index (χ4v) is 2.24. The third-order valence-corrected chi connectivity index (χ3v) is 3.58. The zero-order valence-corrected chi connectivity index (χ0v) is 13.9. The highest BCUT2D eigenvalue weighted by Gasteiger charge is 2.18. The SMILES string of the molecule is CCN(CC)C(=O)/C(=C\c1ccncc1)NC(=O)c1ccccc1. The molecule has 0 saturated heterocycles. The first-order chi connectivity index (χ1) is 11.7. The number of aromatic nitrogens is 1. The molecular formula is C19H21N3O2. The molecule has 1 aromatic carbocycles. The van der Waals surface area contributed by atoms with Crippen molar-refractivity contribution in [1.82, 2.24) is 15.2 Å². The molecule has 0 atom stereocenters. The Morgan fingerprint density at radius 1 is 1.04 bits per heavy atom. The minimum absolute atomic E-state index is 0.207. The third-order valence-electron chi connectivity index (χ3n) is 3.58. The van der Waals surface area contributed by atoms with Gasteiger partial charge in [0.15, 0.2) is 0 Å². The standard InChI is InChI=1S/C19H21N3O2/c1-3-22(4-2)19(24)17(14-15-10-12-20-13-11-15)21-18(23)16-8-6-5-7-9-16/h5-14H,3-4H2,1-2H3,(H,21,23)/b17-14+. The predicted molar refractivity (Wildman–Crippen MR) is 94.1 cm³/mol. The van der Waals surface area contributed by atoms with Crippen LogP contribution in [0.1, 0.15) is 29.8 Å². The van der Waals surface area contributed by atoms with Crippen LogP contribution in [-0.2, 0) is 4.79 Å². The predicted octanol–water partition coefficient (Wildman–Crippen LogP) is 2.72. The Balaban J connectivity index is 2.31. The molecule has 2 aromatic rings. The van der Waals surface area contributed by atoms with Crippen molar-refractivity contribution in [3.05, 3.63) is 71.7 Å². The number of pyridine rings is 1. The van der Waals surface area contributed by atoms with Crippen molar-refractivity contribution in [2.24, 2.45) is 0 Å². The number of rotatable bonds is 6. The highest BCUT2D eigenvalue weighted by atomic mass is 16.2. The first-order valence-corrected chi connectivity index (χ1v) is 7.93. The first-order valence-electron chi connectivity index (χ1n) is 7.93. The van der Waals surface area contributed by atoms with Gasteiger partial charge in [-0.3, -0.25) is 14.6 Å². The topological polar surface area (TPSA) is 62.3 Å². The molecule has 0 saturated carbocycles. The van der Waals surface area contributed by atoms with Crippen molar-refractivity contribution >= 4 is 17.9 Å². The number of carbonyl (C=O) groups excluding carboxylic acids is 2. The monoisotopic (exact) mass is 323 g/mol. The van der Waals surface area contributed by atoms with Crippen molar-refractivity contribution in [3.8, 4) is 0 Å². The Morgan fingerprint density at radius 3 is 2.25 bits per heavy atom.